The van der Waals surface area contributed by atoms with E-state index in [1.165, 1.54) is 6.07 Å². The lowest BCUT2D eigenvalue weighted by Gasteiger charge is -2.06. The minimum Gasteiger partial charge on any atom is -0.324 e. The first-order valence-corrected chi connectivity index (χ1v) is 5.62. The third kappa shape index (κ3) is 1.70. The zero-order chi connectivity index (χ0) is 11.8. The summed E-state index contributed by atoms with van der Waals surface area (Å²) in [5, 5.41) is 0. The maximum atomic E-state index is 13.6. The Kier molecular flexibility index (Phi) is 2.37. The van der Waals surface area contributed by atoms with Gasteiger partial charge in [-0.05, 0) is 25.0 Å². The number of benzene rings is 1. The molecular formula is C13H12FN3. The molecule has 4 heteroatoms. The molecule has 2 aromatic rings. The Morgan fingerprint density at radius 1 is 1.29 bits per heavy atom. The van der Waals surface area contributed by atoms with Crippen molar-refractivity contribution in [2.75, 3.05) is 0 Å². The van der Waals surface area contributed by atoms with Crippen LogP contribution in [0.5, 0.6) is 0 Å². The average Bonchev–Trinajstić information content (AvgIpc) is 2.71. The van der Waals surface area contributed by atoms with Gasteiger partial charge >= 0.3 is 0 Å². The molecule has 1 atom stereocenters. The Hall–Kier alpha value is -1.81. The van der Waals surface area contributed by atoms with Crippen molar-refractivity contribution < 1.29 is 4.39 Å². The largest absolute Gasteiger partial charge is 0.324 e. The highest BCUT2D eigenvalue weighted by Gasteiger charge is 2.21. The van der Waals surface area contributed by atoms with Crippen LogP contribution >= 0.6 is 0 Å². The van der Waals surface area contributed by atoms with Crippen LogP contribution in [0.3, 0.4) is 0 Å². The smallest absolute Gasteiger partial charge is 0.162 e. The molecule has 1 heterocycles. The summed E-state index contributed by atoms with van der Waals surface area (Å²) in [6.45, 7) is 0. The van der Waals surface area contributed by atoms with Crippen LogP contribution in [-0.2, 0) is 6.42 Å². The topological polar surface area (TPSA) is 51.8 Å². The van der Waals surface area contributed by atoms with E-state index < -0.39 is 0 Å². The highest BCUT2D eigenvalue weighted by Crippen LogP contribution is 2.29. The quantitative estimate of drug-likeness (QED) is 0.815. The molecule has 1 aliphatic carbocycles. The fourth-order valence-electron chi connectivity index (χ4n) is 2.16. The van der Waals surface area contributed by atoms with Crippen LogP contribution < -0.4 is 5.73 Å². The summed E-state index contributed by atoms with van der Waals surface area (Å²) in [4.78, 5) is 8.60. The van der Waals surface area contributed by atoms with Gasteiger partial charge in [-0.2, -0.15) is 0 Å². The van der Waals surface area contributed by atoms with E-state index in [0.717, 1.165) is 24.1 Å². The Labute approximate surface area is 98.5 Å². The summed E-state index contributed by atoms with van der Waals surface area (Å²) in [5.41, 5.74) is 8.29. The molecule has 0 saturated carbocycles. The van der Waals surface area contributed by atoms with Crippen molar-refractivity contribution in [2.45, 2.75) is 18.9 Å². The predicted octanol–water partition coefficient (Wildman–Crippen LogP) is 2.23. The van der Waals surface area contributed by atoms with Crippen molar-refractivity contribution in [1.82, 2.24) is 9.97 Å². The second-order valence-electron chi connectivity index (χ2n) is 4.22. The summed E-state index contributed by atoms with van der Waals surface area (Å²) in [7, 11) is 0. The molecule has 0 radical (unpaired) electrons. The average molecular weight is 229 g/mol. The van der Waals surface area contributed by atoms with Crippen LogP contribution in [0.15, 0.2) is 30.5 Å². The van der Waals surface area contributed by atoms with Crippen LogP contribution in [0, 0.1) is 5.82 Å². The molecule has 0 amide bonds. The molecule has 3 nitrogen and oxygen atoms in total. The molecule has 3 rings (SSSR count). The van der Waals surface area contributed by atoms with Gasteiger partial charge < -0.3 is 5.73 Å². The lowest BCUT2D eigenvalue weighted by Crippen LogP contribution is -2.06. The molecule has 1 aromatic heterocycles. The van der Waals surface area contributed by atoms with E-state index in [0.29, 0.717) is 11.4 Å². The van der Waals surface area contributed by atoms with Gasteiger partial charge in [-0.25, -0.2) is 14.4 Å². The Bertz CT molecular complexity index is 568. The standard InChI is InChI=1S/C13H12FN3/c14-10-4-2-1-3-8(10)13-16-7-9-11(15)5-6-12(9)17-13/h1-4,7,11H,5-6,15H2. The number of halogens is 1. The molecule has 0 fully saturated rings. The highest BCUT2D eigenvalue weighted by molar-refractivity contribution is 5.56. The van der Waals surface area contributed by atoms with Crippen molar-refractivity contribution >= 4 is 0 Å². The minimum absolute atomic E-state index is 0.0275. The highest BCUT2D eigenvalue weighted by atomic mass is 19.1. The molecule has 0 aliphatic heterocycles. The lowest BCUT2D eigenvalue weighted by atomic mass is 10.1. The summed E-state index contributed by atoms with van der Waals surface area (Å²) in [6.07, 6.45) is 3.47. The second-order valence-corrected chi connectivity index (χ2v) is 4.22. The third-order valence-electron chi connectivity index (χ3n) is 3.11. The minimum atomic E-state index is -0.297. The number of nitrogens with two attached hydrogens (primary N) is 1. The summed E-state index contributed by atoms with van der Waals surface area (Å²) in [5.74, 6) is 0.144. The maximum absolute atomic E-state index is 13.6. The SMILES string of the molecule is NC1CCc2nc(-c3ccccc3F)ncc21. The molecule has 86 valence electrons. The van der Waals surface area contributed by atoms with Crippen molar-refractivity contribution in [1.29, 1.82) is 0 Å². The van der Waals surface area contributed by atoms with Crippen molar-refractivity contribution in [2.24, 2.45) is 5.73 Å². The van der Waals surface area contributed by atoms with Gasteiger partial charge in [-0.1, -0.05) is 12.1 Å². The molecular weight excluding hydrogens is 217 g/mol. The van der Waals surface area contributed by atoms with E-state index in [-0.39, 0.29) is 11.9 Å². The van der Waals surface area contributed by atoms with Gasteiger partial charge in [0.2, 0.25) is 0 Å². The van der Waals surface area contributed by atoms with Crippen molar-refractivity contribution in [3.05, 3.63) is 47.5 Å². The fraction of sp³-hybridized carbons (Fsp3) is 0.231. The molecule has 1 unspecified atom stereocenters. The summed E-state index contributed by atoms with van der Waals surface area (Å²) in [6, 6.07) is 6.56. The summed E-state index contributed by atoms with van der Waals surface area (Å²) >= 11 is 0. The molecule has 17 heavy (non-hydrogen) atoms. The van der Waals surface area contributed by atoms with Crippen LogP contribution in [0.4, 0.5) is 4.39 Å². The number of hydrogen-bond donors (Lipinski definition) is 1. The van der Waals surface area contributed by atoms with E-state index >= 15 is 0 Å². The normalized spacial score (nSPS) is 18.1. The first-order chi connectivity index (χ1) is 8.25. The number of hydrogen-bond acceptors (Lipinski definition) is 3. The number of rotatable bonds is 1. The molecule has 2 N–H and O–H groups in total. The second kappa shape index (κ2) is 3.89. The van der Waals surface area contributed by atoms with Gasteiger partial charge in [-0.15, -0.1) is 0 Å². The van der Waals surface area contributed by atoms with Crippen molar-refractivity contribution in [3.8, 4) is 11.4 Å². The Morgan fingerprint density at radius 2 is 2.12 bits per heavy atom. The van der Waals surface area contributed by atoms with Gasteiger partial charge in [0, 0.05) is 23.5 Å². The number of aromatic nitrogens is 2. The number of aryl methyl sites for hydroxylation is 1. The van der Waals surface area contributed by atoms with E-state index in [4.69, 9.17) is 5.73 Å². The molecule has 0 bridgehead atoms. The van der Waals surface area contributed by atoms with Crippen LogP contribution in [0.25, 0.3) is 11.4 Å². The van der Waals surface area contributed by atoms with Crippen LogP contribution in [0.1, 0.15) is 23.7 Å². The Balaban J connectivity index is 2.09. The van der Waals surface area contributed by atoms with Gasteiger partial charge in [-0.3, -0.25) is 0 Å². The van der Waals surface area contributed by atoms with Crippen LogP contribution in [-0.4, -0.2) is 9.97 Å². The number of fused-ring (bicyclic) bond motifs is 1. The molecule has 0 saturated heterocycles. The van der Waals surface area contributed by atoms with Gasteiger partial charge in [0.1, 0.15) is 5.82 Å². The van der Waals surface area contributed by atoms with Gasteiger partial charge in [0.25, 0.3) is 0 Å². The van der Waals surface area contributed by atoms with E-state index in [2.05, 4.69) is 9.97 Å². The van der Waals surface area contributed by atoms with Gasteiger partial charge in [0.15, 0.2) is 5.82 Å². The lowest BCUT2D eigenvalue weighted by molar-refractivity contribution is 0.630. The Morgan fingerprint density at radius 3 is 2.94 bits per heavy atom. The first kappa shape index (κ1) is 10.4. The third-order valence-corrected chi connectivity index (χ3v) is 3.11. The first-order valence-electron chi connectivity index (χ1n) is 5.62. The van der Waals surface area contributed by atoms with Crippen LogP contribution in [0.2, 0.25) is 0 Å². The summed E-state index contributed by atoms with van der Waals surface area (Å²) < 4.78 is 13.6. The zero-order valence-corrected chi connectivity index (χ0v) is 9.23. The molecule has 1 aliphatic rings. The number of nitrogens with zero attached hydrogens (tertiary/aromatic N) is 2. The molecule has 0 spiro atoms. The van der Waals surface area contributed by atoms with E-state index in [9.17, 15) is 4.39 Å². The van der Waals surface area contributed by atoms with E-state index in [1.54, 1.807) is 24.4 Å². The molecule has 1 aromatic carbocycles. The fourth-order valence-corrected chi connectivity index (χ4v) is 2.16. The van der Waals surface area contributed by atoms with Gasteiger partial charge in [0.05, 0.1) is 5.56 Å². The predicted molar refractivity (Wildman–Crippen MR) is 62.7 cm³/mol. The van der Waals surface area contributed by atoms with Crippen molar-refractivity contribution in [3.63, 3.8) is 0 Å². The van der Waals surface area contributed by atoms with E-state index in [1.807, 2.05) is 0 Å². The zero-order valence-electron chi connectivity index (χ0n) is 9.23. The maximum Gasteiger partial charge on any atom is 0.162 e. The monoisotopic (exact) mass is 229 g/mol.